The van der Waals surface area contributed by atoms with Crippen LogP contribution in [0.5, 0.6) is 0 Å². The number of benzene rings is 2. The van der Waals surface area contributed by atoms with E-state index in [-0.39, 0.29) is 12.4 Å². The van der Waals surface area contributed by atoms with Gasteiger partial charge in [0.05, 0.1) is 12.2 Å². The molecule has 0 unspecified atom stereocenters. The minimum atomic E-state index is -0.488. The number of rotatable bonds is 5. The lowest BCUT2D eigenvalue weighted by atomic mass is 10.1. The van der Waals surface area contributed by atoms with Crippen LogP contribution in [-0.2, 0) is 4.74 Å². The molecule has 2 aromatic carbocycles. The van der Waals surface area contributed by atoms with Crippen LogP contribution in [0.4, 0.5) is 5.00 Å². The van der Waals surface area contributed by atoms with Crippen LogP contribution >= 0.6 is 22.9 Å². The fraction of sp³-hybridized carbons (Fsp3) is 0.0909. The monoisotopic (exact) mass is 425 g/mol. The zero-order valence-corrected chi connectivity index (χ0v) is 17.0. The smallest absolute Gasteiger partial charge is 0.341 e. The summed E-state index contributed by atoms with van der Waals surface area (Å²) in [5, 5.41) is 4.47. The SMILES string of the molecule is CCOC(=O)c1cc(-c2ccccc2)sc1NC(=O)c1cc2cc(Cl)ccc2o1. The predicted molar refractivity (Wildman–Crippen MR) is 115 cm³/mol. The molecule has 146 valence electrons. The summed E-state index contributed by atoms with van der Waals surface area (Å²) in [6.07, 6.45) is 0. The van der Waals surface area contributed by atoms with Crippen molar-refractivity contribution in [2.24, 2.45) is 0 Å². The van der Waals surface area contributed by atoms with E-state index in [1.807, 2.05) is 30.3 Å². The van der Waals surface area contributed by atoms with Crippen molar-refractivity contribution in [2.45, 2.75) is 6.92 Å². The molecule has 2 aromatic heterocycles. The number of furan rings is 1. The van der Waals surface area contributed by atoms with Gasteiger partial charge in [0.15, 0.2) is 5.76 Å². The molecule has 2 heterocycles. The van der Waals surface area contributed by atoms with Crippen molar-refractivity contribution in [2.75, 3.05) is 11.9 Å². The Labute approximate surface area is 175 Å². The summed E-state index contributed by atoms with van der Waals surface area (Å²) in [4.78, 5) is 26.0. The Morgan fingerprint density at radius 3 is 2.66 bits per heavy atom. The van der Waals surface area contributed by atoms with E-state index in [4.69, 9.17) is 20.8 Å². The molecule has 0 radical (unpaired) electrons. The second kappa shape index (κ2) is 8.11. The first kappa shape index (κ1) is 19.2. The average Bonchev–Trinajstić information content (AvgIpc) is 3.33. The van der Waals surface area contributed by atoms with Crippen LogP contribution in [0.15, 0.2) is 65.1 Å². The van der Waals surface area contributed by atoms with Gasteiger partial charge in [0, 0.05) is 15.3 Å². The maximum absolute atomic E-state index is 12.8. The number of esters is 1. The normalized spacial score (nSPS) is 10.8. The van der Waals surface area contributed by atoms with Gasteiger partial charge in [-0.3, -0.25) is 4.79 Å². The predicted octanol–water partition coefficient (Wildman–Crippen LogP) is 6.24. The zero-order chi connectivity index (χ0) is 20.4. The maximum Gasteiger partial charge on any atom is 0.341 e. The van der Waals surface area contributed by atoms with E-state index in [1.54, 1.807) is 37.3 Å². The van der Waals surface area contributed by atoms with Gasteiger partial charge in [-0.25, -0.2) is 4.79 Å². The van der Waals surface area contributed by atoms with Gasteiger partial charge in [0.2, 0.25) is 0 Å². The summed E-state index contributed by atoms with van der Waals surface area (Å²) >= 11 is 7.30. The number of nitrogens with one attached hydrogen (secondary N) is 1. The van der Waals surface area contributed by atoms with E-state index < -0.39 is 11.9 Å². The second-order valence-corrected chi connectivity index (χ2v) is 7.68. The number of carbonyl (C=O) groups excluding carboxylic acids is 2. The van der Waals surface area contributed by atoms with Crippen LogP contribution < -0.4 is 5.32 Å². The van der Waals surface area contributed by atoms with E-state index in [0.29, 0.717) is 21.2 Å². The van der Waals surface area contributed by atoms with E-state index in [0.717, 1.165) is 15.8 Å². The molecular weight excluding hydrogens is 410 g/mol. The first-order valence-electron chi connectivity index (χ1n) is 8.92. The largest absolute Gasteiger partial charge is 0.462 e. The lowest BCUT2D eigenvalue weighted by Gasteiger charge is -2.04. The molecule has 7 heteroatoms. The number of anilines is 1. The van der Waals surface area contributed by atoms with E-state index in [2.05, 4.69) is 5.32 Å². The first-order valence-corrected chi connectivity index (χ1v) is 10.1. The summed E-state index contributed by atoms with van der Waals surface area (Å²) in [5.41, 5.74) is 1.81. The Bertz CT molecular complexity index is 1200. The van der Waals surface area contributed by atoms with E-state index in [1.165, 1.54) is 11.3 Å². The van der Waals surface area contributed by atoms with Crippen LogP contribution in [0.3, 0.4) is 0 Å². The summed E-state index contributed by atoms with van der Waals surface area (Å²) in [7, 11) is 0. The van der Waals surface area contributed by atoms with Gasteiger partial charge in [-0.2, -0.15) is 0 Å². The fourth-order valence-corrected chi connectivity index (χ4v) is 4.11. The van der Waals surface area contributed by atoms with Gasteiger partial charge in [0.25, 0.3) is 5.91 Å². The summed E-state index contributed by atoms with van der Waals surface area (Å²) in [6.45, 7) is 1.98. The number of hydrogen-bond donors (Lipinski definition) is 1. The highest BCUT2D eigenvalue weighted by Gasteiger charge is 2.22. The molecule has 0 atom stereocenters. The molecule has 0 spiro atoms. The third-order valence-electron chi connectivity index (χ3n) is 4.21. The standard InChI is InChI=1S/C22H16ClNO4S/c1-2-27-22(26)16-12-19(13-6-4-3-5-7-13)29-21(16)24-20(25)18-11-14-10-15(23)8-9-17(14)28-18/h3-12H,2H2,1H3,(H,24,25). The number of halogens is 1. The van der Waals surface area contributed by atoms with Crippen LogP contribution in [0.25, 0.3) is 21.4 Å². The molecule has 29 heavy (non-hydrogen) atoms. The highest BCUT2D eigenvalue weighted by Crippen LogP contribution is 2.36. The van der Waals surface area contributed by atoms with Gasteiger partial charge in [0.1, 0.15) is 10.6 Å². The van der Waals surface area contributed by atoms with Crippen molar-refractivity contribution in [1.82, 2.24) is 0 Å². The fourth-order valence-electron chi connectivity index (χ4n) is 2.88. The van der Waals surface area contributed by atoms with Crippen molar-refractivity contribution >= 4 is 50.8 Å². The van der Waals surface area contributed by atoms with Crippen molar-refractivity contribution in [3.8, 4) is 10.4 Å². The van der Waals surface area contributed by atoms with Crippen molar-refractivity contribution in [1.29, 1.82) is 0 Å². The quantitative estimate of drug-likeness (QED) is 0.384. The molecular formula is C22H16ClNO4S. The summed E-state index contributed by atoms with van der Waals surface area (Å²) in [6, 6.07) is 18.1. The Morgan fingerprint density at radius 2 is 1.90 bits per heavy atom. The number of thiophene rings is 1. The third kappa shape index (κ3) is 4.04. The minimum Gasteiger partial charge on any atom is -0.462 e. The molecule has 1 N–H and O–H groups in total. The molecule has 0 aliphatic heterocycles. The van der Waals surface area contributed by atoms with Crippen LogP contribution in [-0.4, -0.2) is 18.5 Å². The van der Waals surface area contributed by atoms with Gasteiger partial charge < -0.3 is 14.5 Å². The number of hydrogen-bond acceptors (Lipinski definition) is 5. The summed E-state index contributed by atoms with van der Waals surface area (Å²) in [5.74, 6) is -0.811. The topological polar surface area (TPSA) is 68.5 Å². The van der Waals surface area contributed by atoms with E-state index in [9.17, 15) is 9.59 Å². The van der Waals surface area contributed by atoms with E-state index >= 15 is 0 Å². The number of carbonyl (C=O) groups is 2. The number of ether oxygens (including phenoxy) is 1. The molecule has 0 aliphatic carbocycles. The molecule has 4 aromatic rings. The lowest BCUT2D eigenvalue weighted by Crippen LogP contribution is -2.13. The molecule has 0 saturated heterocycles. The zero-order valence-electron chi connectivity index (χ0n) is 15.4. The van der Waals surface area contributed by atoms with Gasteiger partial charge in [-0.15, -0.1) is 11.3 Å². The lowest BCUT2D eigenvalue weighted by molar-refractivity contribution is 0.0528. The molecule has 0 bridgehead atoms. The van der Waals surface area contributed by atoms with Crippen LogP contribution in [0, 0.1) is 0 Å². The highest BCUT2D eigenvalue weighted by molar-refractivity contribution is 7.20. The maximum atomic E-state index is 12.8. The van der Waals surface area contributed by atoms with Crippen molar-refractivity contribution in [3.05, 3.63) is 77.0 Å². The van der Waals surface area contributed by atoms with Gasteiger partial charge in [-0.1, -0.05) is 41.9 Å². The average molecular weight is 426 g/mol. The molecule has 5 nitrogen and oxygen atoms in total. The van der Waals surface area contributed by atoms with Gasteiger partial charge in [-0.05, 0) is 42.8 Å². The Kier molecular flexibility index (Phi) is 5.38. The van der Waals surface area contributed by atoms with Crippen LogP contribution in [0.2, 0.25) is 5.02 Å². The summed E-state index contributed by atoms with van der Waals surface area (Å²) < 4.78 is 10.8. The number of fused-ring (bicyclic) bond motifs is 1. The third-order valence-corrected chi connectivity index (χ3v) is 5.55. The van der Waals surface area contributed by atoms with Crippen molar-refractivity contribution in [3.63, 3.8) is 0 Å². The van der Waals surface area contributed by atoms with Crippen LogP contribution in [0.1, 0.15) is 27.8 Å². The molecule has 1 amide bonds. The minimum absolute atomic E-state index is 0.131. The van der Waals surface area contributed by atoms with Gasteiger partial charge >= 0.3 is 5.97 Å². The molecule has 0 saturated carbocycles. The Morgan fingerprint density at radius 1 is 1.10 bits per heavy atom. The molecule has 0 aliphatic rings. The molecule has 4 rings (SSSR count). The first-order chi connectivity index (χ1) is 14.0. The van der Waals surface area contributed by atoms with Crippen molar-refractivity contribution < 1.29 is 18.7 Å². The second-order valence-electron chi connectivity index (χ2n) is 6.19. The number of amides is 1. The highest BCUT2D eigenvalue weighted by atomic mass is 35.5. The Hall–Kier alpha value is -3.09. The Balaban J connectivity index is 1.67. The molecule has 0 fully saturated rings.